The first-order valence-electron chi connectivity index (χ1n) is 6.35. The van der Waals surface area contributed by atoms with Crippen molar-refractivity contribution in [3.05, 3.63) is 47.4 Å². The molecule has 20 heavy (non-hydrogen) atoms. The van der Waals surface area contributed by atoms with Crippen molar-refractivity contribution < 1.29 is 4.42 Å². The highest BCUT2D eigenvalue weighted by atomic mass is 32.1. The molecule has 0 unspecified atom stereocenters. The first-order chi connectivity index (χ1) is 9.70. The van der Waals surface area contributed by atoms with Gasteiger partial charge in [-0.25, -0.2) is 4.98 Å². The second-order valence-corrected chi connectivity index (χ2v) is 5.76. The topological polar surface area (TPSA) is 47.1 Å². The van der Waals surface area contributed by atoms with Crippen LogP contribution in [0.1, 0.15) is 11.3 Å². The van der Waals surface area contributed by atoms with Gasteiger partial charge in [0.25, 0.3) is 0 Å². The van der Waals surface area contributed by atoms with Crippen LogP contribution in [0.2, 0.25) is 0 Å². The van der Waals surface area contributed by atoms with E-state index >= 15 is 0 Å². The van der Waals surface area contributed by atoms with Gasteiger partial charge in [-0.15, -0.1) is 11.3 Å². The van der Waals surface area contributed by atoms with Crippen molar-refractivity contribution in [2.45, 2.75) is 13.1 Å². The van der Waals surface area contributed by atoms with Gasteiger partial charge in [-0.2, -0.15) is 5.10 Å². The van der Waals surface area contributed by atoms with Crippen molar-refractivity contribution >= 4 is 11.3 Å². The Hall–Kier alpha value is -1.92. The molecule has 0 amide bonds. The number of aromatic nitrogens is 3. The Morgan fingerprint density at radius 1 is 1.40 bits per heavy atom. The van der Waals surface area contributed by atoms with Crippen LogP contribution in [0.5, 0.6) is 0 Å². The zero-order valence-corrected chi connectivity index (χ0v) is 12.3. The summed E-state index contributed by atoms with van der Waals surface area (Å²) >= 11 is 1.63. The molecule has 6 heteroatoms. The molecule has 0 aliphatic rings. The first kappa shape index (κ1) is 13.1. The maximum absolute atomic E-state index is 5.52. The lowest BCUT2D eigenvalue weighted by atomic mass is 10.3. The van der Waals surface area contributed by atoms with Crippen LogP contribution in [0.4, 0.5) is 0 Å². The molecule has 3 heterocycles. The Morgan fingerprint density at radius 3 is 3.00 bits per heavy atom. The summed E-state index contributed by atoms with van der Waals surface area (Å²) in [6.45, 7) is 1.60. The van der Waals surface area contributed by atoms with E-state index in [9.17, 15) is 0 Å². The molecule has 3 rings (SSSR count). The van der Waals surface area contributed by atoms with Gasteiger partial charge in [0.2, 0.25) is 5.89 Å². The van der Waals surface area contributed by atoms with Crippen LogP contribution in [0.15, 0.2) is 40.6 Å². The molecule has 0 aliphatic carbocycles. The predicted octanol–water partition coefficient (Wildman–Crippen LogP) is 2.77. The molecule has 0 radical (unpaired) electrons. The van der Waals surface area contributed by atoms with Gasteiger partial charge in [-0.1, -0.05) is 6.07 Å². The van der Waals surface area contributed by atoms with Crippen molar-refractivity contribution in [2.75, 3.05) is 7.05 Å². The highest BCUT2D eigenvalue weighted by Gasteiger charge is 2.10. The molecule has 3 aromatic rings. The number of rotatable bonds is 5. The molecule has 0 N–H and O–H groups in total. The summed E-state index contributed by atoms with van der Waals surface area (Å²) in [5.74, 6) is 0.699. The van der Waals surface area contributed by atoms with Crippen molar-refractivity contribution in [3.63, 3.8) is 0 Å². The van der Waals surface area contributed by atoms with Crippen molar-refractivity contribution in [3.8, 4) is 10.8 Å². The predicted molar refractivity (Wildman–Crippen MR) is 78.2 cm³/mol. The number of aryl methyl sites for hydroxylation is 1. The van der Waals surface area contributed by atoms with Crippen LogP contribution < -0.4 is 0 Å². The summed E-state index contributed by atoms with van der Waals surface area (Å²) in [7, 11) is 3.99. The molecule has 0 aromatic carbocycles. The number of hydrogen-bond acceptors (Lipinski definition) is 5. The van der Waals surface area contributed by atoms with Gasteiger partial charge in [0.05, 0.1) is 16.8 Å². The maximum Gasteiger partial charge on any atom is 0.236 e. The summed E-state index contributed by atoms with van der Waals surface area (Å²) < 4.78 is 7.33. The third-order valence-electron chi connectivity index (χ3n) is 2.93. The average Bonchev–Trinajstić information content (AvgIpc) is 3.10. The van der Waals surface area contributed by atoms with E-state index < -0.39 is 0 Å². The Balaban J connectivity index is 1.63. The monoisotopic (exact) mass is 288 g/mol. The van der Waals surface area contributed by atoms with Crippen LogP contribution >= 0.6 is 11.3 Å². The summed E-state index contributed by atoms with van der Waals surface area (Å²) in [6.07, 6.45) is 5.64. The fourth-order valence-electron chi connectivity index (χ4n) is 2.09. The van der Waals surface area contributed by atoms with Gasteiger partial charge < -0.3 is 4.42 Å². The highest BCUT2D eigenvalue weighted by molar-refractivity contribution is 7.13. The molecule has 0 saturated carbocycles. The second-order valence-electron chi connectivity index (χ2n) is 4.82. The number of thiophene rings is 1. The zero-order valence-electron chi connectivity index (χ0n) is 11.5. The third kappa shape index (κ3) is 2.97. The Morgan fingerprint density at radius 2 is 2.30 bits per heavy atom. The minimum absolute atomic E-state index is 0.699. The van der Waals surface area contributed by atoms with E-state index in [1.54, 1.807) is 17.6 Å². The fraction of sp³-hybridized carbons (Fsp3) is 0.286. The molecule has 0 aliphatic heterocycles. The molecular weight excluding hydrogens is 272 g/mol. The molecule has 0 fully saturated rings. The van der Waals surface area contributed by atoms with Gasteiger partial charge in [-0.3, -0.25) is 9.58 Å². The largest absolute Gasteiger partial charge is 0.444 e. The summed E-state index contributed by atoms with van der Waals surface area (Å²) in [5.41, 5.74) is 2.14. The normalized spacial score (nSPS) is 11.3. The van der Waals surface area contributed by atoms with Gasteiger partial charge in [-0.05, 0) is 18.5 Å². The van der Waals surface area contributed by atoms with E-state index in [-0.39, 0.29) is 0 Å². The molecule has 0 spiro atoms. The summed E-state index contributed by atoms with van der Waals surface area (Å²) in [4.78, 5) is 7.77. The minimum Gasteiger partial charge on any atom is -0.444 e. The smallest absolute Gasteiger partial charge is 0.236 e. The molecular formula is C14H16N4OS. The summed E-state index contributed by atoms with van der Waals surface area (Å²) in [5, 5.41) is 6.19. The Bertz CT molecular complexity index is 671. The van der Waals surface area contributed by atoms with Crippen molar-refractivity contribution in [2.24, 2.45) is 7.05 Å². The van der Waals surface area contributed by atoms with E-state index in [0.717, 1.165) is 23.7 Å². The first-order valence-corrected chi connectivity index (χ1v) is 7.23. The minimum atomic E-state index is 0.699. The third-order valence-corrected chi connectivity index (χ3v) is 3.78. The Kier molecular flexibility index (Phi) is 3.66. The standard InChI is InChI=1S/C14H16N4OS/c1-17(7-11-6-15-18(2)8-11)9-12-10-19-14(16-12)13-4-3-5-20-13/h3-6,8,10H,7,9H2,1-2H3. The van der Waals surface area contributed by atoms with E-state index in [1.807, 2.05) is 41.6 Å². The van der Waals surface area contributed by atoms with Gasteiger partial charge in [0, 0.05) is 31.9 Å². The zero-order chi connectivity index (χ0) is 13.9. The van der Waals surface area contributed by atoms with Gasteiger partial charge in [0.15, 0.2) is 0 Å². The SMILES string of the molecule is CN(Cc1cnn(C)c1)Cc1coc(-c2cccs2)n1. The molecule has 0 saturated heterocycles. The molecule has 104 valence electrons. The van der Waals surface area contributed by atoms with E-state index in [0.29, 0.717) is 5.89 Å². The molecule has 5 nitrogen and oxygen atoms in total. The van der Waals surface area contributed by atoms with E-state index in [1.165, 1.54) is 5.56 Å². The highest BCUT2D eigenvalue weighted by Crippen LogP contribution is 2.23. The fourth-order valence-corrected chi connectivity index (χ4v) is 2.75. The van der Waals surface area contributed by atoms with Crippen molar-refractivity contribution in [1.82, 2.24) is 19.7 Å². The summed E-state index contributed by atoms with van der Waals surface area (Å²) in [6, 6.07) is 4.01. The Labute approximate surface area is 121 Å². The van der Waals surface area contributed by atoms with E-state index in [2.05, 4.69) is 22.0 Å². The lowest BCUT2D eigenvalue weighted by molar-refractivity contribution is 0.314. The molecule has 0 atom stereocenters. The van der Waals surface area contributed by atoms with Crippen LogP contribution in [0, 0.1) is 0 Å². The molecule has 0 bridgehead atoms. The van der Waals surface area contributed by atoms with Crippen LogP contribution in [0.3, 0.4) is 0 Å². The average molecular weight is 288 g/mol. The van der Waals surface area contributed by atoms with Crippen LogP contribution in [-0.2, 0) is 20.1 Å². The van der Waals surface area contributed by atoms with Gasteiger partial charge >= 0.3 is 0 Å². The molecule has 3 aromatic heterocycles. The van der Waals surface area contributed by atoms with Gasteiger partial charge in [0.1, 0.15) is 6.26 Å². The quantitative estimate of drug-likeness (QED) is 0.724. The van der Waals surface area contributed by atoms with E-state index in [4.69, 9.17) is 4.42 Å². The number of nitrogens with zero attached hydrogens (tertiary/aromatic N) is 4. The second kappa shape index (κ2) is 5.60. The van der Waals surface area contributed by atoms with Crippen LogP contribution in [0.25, 0.3) is 10.8 Å². The lowest BCUT2D eigenvalue weighted by Gasteiger charge is -2.13. The maximum atomic E-state index is 5.52. The number of oxazole rings is 1. The van der Waals surface area contributed by atoms with Crippen LogP contribution in [-0.4, -0.2) is 26.7 Å². The number of hydrogen-bond donors (Lipinski definition) is 0. The lowest BCUT2D eigenvalue weighted by Crippen LogP contribution is -2.17. The van der Waals surface area contributed by atoms with Crippen molar-refractivity contribution in [1.29, 1.82) is 0 Å².